The molecule has 0 aromatic carbocycles. The van der Waals surface area contributed by atoms with Crippen molar-refractivity contribution in [3.63, 3.8) is 0 Å². The van der Waals surface area contributed by atoms with E-state index < -0.39 is 0 Å². The van der Waals surface area contributed by atoms with Gasteiger partial charge in [-0.3, -0.25) is 0 Å². The zero-order chi connectivity index (χ0) is 12.0. The topological polar surface area (TPSA) is 0 Å². The van der Waals surface area contributed by atoms with Crippen LogP contribution in [0.5, 0.6) is 0 Å². The lowest BCUT2D eigenvalue weighted by molar-refractivity contribution is 0.215. The highest BCUT2D eigenvalue weighted by molar-refractivity contribution is 4.71. The summed E-state index contributed by atoms with van der Waals surface area (Å²) in [7, 11) is 0. The maximum atomic E-state index is 2.44. The van der Waals surface area contributed by atoms with Crippen LogP contribution in [0.25, 0.3) is 0 Å². The Bertz CT molecular complexity index is 148. The number of hydrogen-bond donors (Lipinski definition) is 0. The summed E-state index contributed by atoms with van der Waals surface area (Å²) in [5, 5.41) is 0. The van der Waals surface area contributed by atoms with Crippen LogP contribution in [0.1, 0.15) is 67.7 Å². The Morgan fingerprint density at radius 2 is 1.20 bits per heavy atom. The van der Waals surface area contributed by atoms with E-state index in [9.17, 15) is 0 Å². The van der Waals surface area contributed by atoms with E-state index in [-0.39, 0.29) is 0 Å². The maximum absolute atomic E-state index is 2.44. The largest absolute Gasteiger partial charge is 0.0651 e. The number of hydrogen-bond acceptors (Lipinski definition) is 0. The third kappa shape index (κ3) is 6.22. The fourth-order valence-electron chi connectivity index (χ4n) is 2.54. The van der Waals surface area contributed by atoms with Crippen LogP contribution in [0.15, 0.2) is 0 Å². The zero-order valence-corrected chi connectivity index (χ0v) is 12.0. The highest BCUT2D eigenvalue weighted by Crippen LogP contribution is 2.30. The highest BCUT2D eigenvalue weighted by atomic mass is 14.3. The predicted molar refractivity (Wildman–Crippen MR) is 71.0 cm³/mol. The van der Waals surface area contributed by atoms with Gasteiger partial charge in [0.2, 0.25) is 0 Å². The van der Waals surface area contributed by atoms with Crippen LogP contribution < -0.4 is 0 Å². The van der Waals surface area contributed by atoms with Crippen LogP contribution in [0, 0.1) is 29.6 Å². The van der Waals surface area contributed by atoms with E-state index in [1.165, 1.54) is 19.3 Å². The van der Waals surface area contributed by atoms with E-state index in [4.69, 9.17) is 0 Å². The van der Waals surface area contributed by atoms with E-state index in [0.29, 0.717) is 0 Å². The zero-order valence-electron chi connectivity index (χ0n) is 12.0. The molecule has 0 bridgehead atoms. The first-order valence-electron chi connectivity index (χ1n) is 6.88. The van der Waals surface area contributed by atoms with Gasteiger partial charge in [-0.05, 0) is 42.4 Å². The van der Waals surface area contributed by atoms with Crippen molar-refractivity contribution in [3.8, 4) is 0 Å². The van der Waals surface area contributed by atoms with Crippen molar-refractivity contribution in [2.45, 2.75) is 67.7 Å². The highest BCUT2D eigenvalue weighted by Gasteiger charge is 2.20. The molecule has 0 aliphatic carbocycles. The molecule has 0 saturated carbocycles. The second-order valence-corrected chi connectivity index (χ2v) is 6.19. The molecule has 92 valence electrons. The molecule has 0 heterocycles. The first-order valence-corrected chi connectivity index (χ1v) is 6.88. The summed E-state index contributed by atoms with van der Waals surface area (Å²) in [5.41, 5.74) is 0. The molecular weight excluding hydrogens is 180 g/mol. The van der Waals surface area contributed by atoms with Crippen molar-refractivity contribution in [1.29, 1.82) is 0 Å². The molecule has 0 aromatic rings. The molecule has 0 fully saturated rings. The molecule has 1 unspecified atom stereocenters. The monoisotopic (exact) mass is 212 g/mol. The Hall–Kier alpha value is 0. The van der Waals surface area contributed by atoms with Crippen molar-refractivity contribution in [2.75, 3.05) is 0 Å². The Morgan fingerprint density at radius 1 is 0.733 bits per heavy atom. The van der Waals surface area contributed by atoms with Crippen LogP contribution >= 0.6 is 0 Å². The third-order valence-corrected chi connectivity index (χ3v) is 4.11. The second kappa shape index (κ2) is 7.30. The second-order valence-electron chi connectivity index (χ2n) is 6.19. The van der Waals surface area contributed by atoms with Gasteiger partial charge in [0.1, 0.15) is 0 Å². The summed E-state index contributed by atoms with van der Waals surface area (Å²) in [4.78, 5) is 0. The molecule has 4 atom stereocenters. The van der Waals surface area contributed by atoms with Gasteiger partial charge in [-0.2, -0.15) is 0 Å². The molecular formula is C15H32. The summed E-state index contributed by atoms with van der Waals surface area (Å²) in [6.07, 6.45) is 4.11. The van der Waals surface area contributed by atoms with Crippen molar-refractivity contribution < 1.29 is 0 Å². The van der Waals surface area contributed by atoms with Gasteiger partial charge in [0, 0.05) is 0 Å². The molecule has 0 heteroatoms. The van der Waals surface area contributed by atoms with Gasteiger partial charge in [-0.15, -0.1) is 0 Å². The van der Waals surface area contributed by atoms with Gasteiger partial charge in [0.15, 0.2) is 0 Å². The predicted octanol–water partition coefficient (Wildman–Crippen LogP) is 5.38. The molecule has 0 amide bonds. The minimum absolute atomic E-state index is 0.846. The van der Waals surface area contributed by atoms with Gasteiger partial charge in [-0.1, -0.05) is 54.9 Å². The van der Waals surface area contributed by atoms with Crippen LogP contribution in [-0.2, 0) is 0 Å². The van der Waals surface area contributed by atoms with E-state index >= 15 is 0 Å². The van der Waals surface area contributed by atoms with E-state index in [1.807, 2.05) is 0 Å². The van der Waals surface area contributed by atoms with E-state index in [2.05, 4.69) is 48.5 Å². The molecule has 0 N–H and O–H groups in total. The molecule has 0 aliphatic rings. The lowest BCUT2D eigenvalue weighted by Gasteiger charge is -2.29. The van der Waals surface area contributed by atoms with E-state index in [1.54, 1.807) is 0 Å². The first-order chi connectivity index (χ1) is 6.88. The fraction of sp³-hybridized carbons (Fsp3) is 1.00. The quantitative estimate of drug-likeness (QED) is 0.531. The van der Waals surface area contributed by atoms with Gasteiger partial charge in [-0.25, -0.2) is 0 Å². The molecule has 0 aromatic heterocycles. The molecule has 15 heavy (non-hydrogen) atoms. The van der Waals surface area contributed by atoms with Crippen molar-refractivity contribution in [2.24, 2.45) is 29.6 Å². The summed E-state index contributed by atoms with van der Waals surface area (Å²) in [6, 6.07) is 0. The lowest BCUT2D eigenvalue weighted by atomic mass is 9.77. The summed E-state index contributed by atoms with van der Waals surface area (Å²) in [5.74, 6) is 4.38. The minimum atomic E-state index is 0.846. The average Bonchev–Trinajstić information content (AvgIpc) is 2.15. The van der Waals surface area contributed by atoms with Gasteiger partial charge < -0.3 is 0 Å². The molecule has 0 nitrogen and oxygen atoms in total. The average molecular weight is 212 g/mol. The van der Waals surface area contributed by atoms with Crippen LogP contribution in [0.3, 0.4) is 0 Å². The fourth-order valence-corrected chi connectivity index (χ4v) is 2.54. The van der Waals surface area contributed by atoms with Crippen molar-refractivity contribution in [3.05, 3.63) is 0 Å². The van der Waals surface area contributed by atoms with Crippen LogP contribution in [-0.4, -0.2) is 0 Å². The molecule has 0 rings (SSSR count). The Morgan fingerprint density at radius 3 is 1.60 bits per heavy atom. The lowest BCUT2D eigenvalue weighted by Crippen LogP contribution is -2.20. The summed E-state index contributed by atoms with van der Waals surface area (Å²) in [6.45, 7) is 16.7. The molecule has 0 saturated heterocycles. The molecule has 0 radical (unpaired) electrons. The van der Waals surface area contributed by atoms with E-state index in [0.717, 1.165) is 29.6 Å². The van der Waals surface area contributed by atoms with Gasteiger partial charge in [0.05, 0.1) is 0 Å². The minimum Gasteiger partial charge on any atom is -0.0651 e. The van der Waals surface area contributed by atoms with Crippen LogP contribution in [0.2, 0.25) is 0 Å². The Balaban J connectivity index is 4.00. The van der Waals surface area contributed by atoms with Crippen molar-refractivity contribution >= 4 is 0 Å². The van der Waals surface area contributed by atoms with Gasteiger partial charge >= 0.3 is 0 Å². The Labute approximate surface area is 97.8 Å². The molecule has 0 aliphatic heterocycles. The van der Waals surface area contributed by atoms with Crippen molar-refractivity contribution in [1.82, 2.24) is 0 Å². The standard InChI is InChI=1S/C15H32/c1-8-12(4)10-14(6)15(7)13(5)9-11(2)3/h11-15H,8-10H2,1-7H3/t12-,13-,14?,15+/m0/s1. The maximum Gasteiger partial charge on any atom is -0.0391 e. The number of rotatable bonds is 7. The smallest absolute Gasteiger partial charge is 0.0391 e. The summed E-state index contributed by atoms with van der Waals surface area (Å²) < 4.78 is 0. The first kappa shape index (κ1) is 15.0. The summed E-state index contributed by atoms with van der Waals surface area (Å²) >= 11 is 0. The van der Waals surface area contributed by atoms with Crippen LogP contribution in [0.4, 0.5) is 0 Å². The Kier molecular flexibility index (Phi) is 7.30. The molecule has 0 spiro atoms. The normalized spacial score (nSPS) is 20.0. The van der Waals surface area contributed by atoms with Gasteiger partial charge in [0.25, 0.3) is 0 Å². The third-order valence-electron chi connectivity index (χ3n) is 4.11. The SMILES string of the molecule is CC[C@H](C)CC(C)[C@H](C)[C@@H](C)CC(C)C.